The van der Waals surface area contributed by atoms with Crippen LogP contribution in [-0.2, 0) is 0 Å². The lowest BCUT2D eigenvalue weighted by Crippen LogP contribution is -2.47. The van der Waals surface area contributed by atoms with E-state index >= 15 is 0 Å². The Hall–Kier alpha value is -2.81. The van der Waals surface area contributed by atoms with E-state index < -0.39 is 0 Å². The molecule has 2 N–H and O–H groups in total. The van der Waals surface area contributed by atoms with Crippen molar-refractivity contribution >= 4 is 72.5 Å². The van der Waals surface area contributed by atoms with E-state index in [0.717, 1.165) is 43.0 Å². The molecule has 4 heterocycles. The van der Waals surface area contributed by atoms with Crippen LogP contribution in [0.5, 0.6) is 5.88 Å². The third kappa shape index (κ3) is 4.98. The summed E-state index contributed by atoms with van der Waals surface area (Å²) in [6, 6.07) is 10.4. The van der Waals surface area contributed by atoms with Crippen molar-refractivity contribution in [3.63, 3.8) is 0 Å². The minimum atomic E-state index is -0.231. The number of allylic oxidation sites excluding steroid dienone is 1. The van der Waals surface area contributed by atoms with E-state index in [0.29, 0.717) is 17.5 Å². The maximum Gasteiger partial charge on any atom is 0.238 e. The molecule has 0 bridgehead atoms. The van der Waals surface area contributed by atoms with E-state index in [1.54, 1.807) is 24.5 Å². The van der Waals surface area contributed by atoms with E-state index in [1.165, 1.54) is 12.1 Å². The molecule has 0 saturated carbocycles. The molecule has 32 heavy (non-hydrogen) atoms. The molecular weight excluding hydrogens is 478 g/mol. The summed E-state index contributed by atoms with van der Waals surface area (Å²) >= 11 is 0. The quantitative estimate of drug-likeness (QED) is 0.555. The van der Waals surface area contributed by atoms with Crippen molar-refractivity contribution in [3.8, 4) is 5.88 Å². The summed E-state index contributed by atoms with van der Waals surface area (Å²) in [4.78, 5) is 20.3. The van der Waals surface area contributed by atoms with Crippen LogP contribution < -0.4 is 9.80 Å². The number of pyridine rings is 1. The third-order valence-electron chi connectivity index (χ3n) is 5.19. The van der Waals surface area contributed by atoms with E-state index in [1.807, 2.05) is 18.2 Å². The Morgan fingerprint density at radius 3 is 2.38 bits per heavy atom. The molecule has 1 saturated heterocycles. The zero-order valence-corrected chi connectivity index (χ0v) is 19.3. The summed E-state index contributed by atoms with van der Waals surface area (Å²) in [6.45, 7) is 3.06. The predicted molar refractivity (Wildman–Crippen MR) is 133 cm³/mol. The Bertz CT molecular complexity index is 1110. The van der Waals surface area contributed by atoms with Crippen LogP contribution in [0.3, 0.4) is 0 Å². The molecular formula is C21H22Cl3FN6O. The number of imidazole rings is 1. The van der Waals surface area contributed by atoms with Gasteiger partial charge in [0.25, 0.3) is 0 Å². The smallest absolute Gasteiger partial charge is 0.238 e. The monoisotopic (exact) mass is 498 g/mol. The zero-order chi connectivity index (χ0) is 19.8. The van der Waals surface area contributed by atoms with Gasteiger partial charge in [0.05, 0.1) is 0 Å². The summed E-state index contributed by atoms with van der Waals surface area (Å²) in [5, 5.41) is 10.3. The Kier molecular flexibility index (Phi) is 8.49. The van der Waals surface area contributed by atoms with Crippen molar-refractivity contribution in [1.29, 1.82) is 0 Å². The molecule has 0 spiro atoms. The molecule has 11 heteroatoms. The molecule has 2 aliphatic heterocycles. The first-order valence-corrected chi connectivity index (χ1v) is 9.43. The Balaban J connectivity index is 0.00000121. The van der Waals surface area contributed by atoms with Gasteiger partial charge in [-0.15, -0.1) is 37.2 Å². The number of benzene rings is 1. The Morgan fingerprint density at radius 1 is 0.969 bits per heavy atom. The molecule has 5 rings (SSSR count). The van der Waals surface area contributed by atoms with E-state index in [2.05, 4.69) is 29.7 Å². The molecule has 1 aromatic carbocycles. The second-order valence-corrected chi connectivity index (χ2v) is 6.98. The highest BCUT2D eigenvalue weighted by molar-refractivity contribution is 6.20. The molecule has 3 aromatic rings. The molecule has 0 radical (unpaired) electrons. The number of aliphatic imine (C=N–C) groups is 1. The number of nitrogens with zero attached hydrogens (tertiary/aromatic N) is 5. The second-order valence-electron chi connectivity index (χ2n) is 6.98. The first-order chi connectivity index (χ1) is 14.2. The topological polar surface area (TPSA) is 80.6 Å². The minimum absolute atomic E-state index is 0. The van der Waals surface area contributed by atoms with Crippen LogP contribution in [0.1, 0.15) is 11.3 Å². The molecule has 170 valence electrons. The fraction of sp³-hybridized carbons (Fsp3) is 0.190. The van der Waals surface area contributed by atoms with Crippen LogP contribution >= 0.6 is 37.2 Å². The lowest BCUT2D eigenvalue weighted by atomic mass is 10.1. The van der Waals surface area contributed by atoms with Crippen LogP contribution in [0.2, 0.25) is 0 Å². The molecule has 7 nitrogen and oxygen atoms in total. The fourth-order valence-electron chi connectivity index (χ4n) is 3.64. The number of hydrogen-bond acceptors (Lipinski definition) is 6. The van der Waals surface area contributed by atoms with Crippen molar-refractivity contribution in [2.24, 2.45) is 4.99 Å². The van der Waals surface area contributed by atoms with Crippen molar-refractivity contribution in [2.45, 2.75) is 0 Å². The third-order valence-corrected chi connectivity index (χ3v) is 5.19. The van der Waals surface area contributed by atoms with Crippen molar-refractivity contribution in [1.82, 2.24) is 15.0 Å². The van der Waals surface area contributed by atoms with Gasteiger partial charge in [0.1, 0.15) is 11.5 Å². The van der Waals surface area contributed by atoms with Crippen LogP contribution in [0.4, 0.5) is 21.8 Å². The van der Waals surface area contributed by atoms with Gasteiger partial charge in [0.2, 0.25) is 11.8 Å². The van der Waals surface area contributed by atoms with Crippen molar-refractivity contribution in [2.75, 3.05) is 36.0 Å². The van der Waals surface area contributed by atoms with Gasteiger partial charge >= 0.3 is 0 Å². The standard InChI is InChI=1S/C21H19FN6O.3ClH/c22-15-3-5-16(6-4-15)27-8-10-28(11-9-27)21-25-18(20(29)26-21)12-14-13-24-19-17(14)2-1-7-23-19;;;/h1-7,12-13,29H,8-11H2,(H,25,26);3*1H. The van der Waals surface area contributed by atoms with Gasteiger partial charge in [-0.2, -0.15) is 4.98 Å². The number of fused-ring (bicyclic) bond motifs is 1. The number of anilines is 2. The largest absolute Gasteiger partial charge is 0.492 e. The summed E-state index contributed by atoms with van der Waals surface area (Å²) in [5.41, 5.74) is 3.35. The SMILES string of the molecule is Cl.Cl.Cl.Oc1nc(N2CCN(c3ccc(F)cc3)CC2)[nH]c1C=C1C=Nc2ncccc21. The summed E-state index contributed by atoms with van der Waals surface area (Å²) in [7, 11) is 0. The summed E-state index contributed by atoms with van der Waals surface area (Å²) in [6.07, 6.45) is 5.27. The van der Waals surface area contributed by atoms with Gasteiger partial charge < -0.3 is 19.9 Å². The van der Waals surface area contributed by atoms with Gasteiger partial charge in [-0.25, -0.2) is 14.4 Å². The van der Waals surface area contributed by atoms with E-state index in [9.17, 15) is 9.50 Å². The minimum Gasteiger partial charge on any atom is -0.492 e. The molecule has 2 aliphatic rings. The predicted octanol–water partition coefficient (Wildman–Crippen LogP) is 4.50. The average molecular weight is 500 g/mol. The number of aromatic nitrogens is 3. The van der Waals surface area contributed by atoms with E-state index in [-0.39, 0.29) is 48.9 Å². The lowest BCUT2D eigenvalue weighted by molar-refractivity contribution is 0.455. The normalized spacial score (nSPS) is 15.6. The zero-order valence-electron chi connectivity index (χ0n) is 16.8. The van der Waals surface area contributed by atoms with Crippen LogP contribution in [0.15, 0.2) is 47.6 Å². The van der Waals surface area contributed by atoms with Crippen LogP contribution in [-0.4, -0.2) is 52.5 Å². The number of H-pyrrole nitrogens is 1. The van der Waals surface area contributed by atoms with Gasteiger partial charge in [0.15, 0.2) is 5.82 Å². The lowest BCUT2D eigenvalue weighted by Gasteiger charge is -2.35. The Morgan fingerprint density at radius 2 is 1.66 bits per heavy atom. The van der Waals surface area contributed by atoms with Gasteiger partial charge in [-0.3, -0.25) is 0 Å². The number of halogens is 4. The second kappa shape index (κ2) is 10.7. The number of aromatic hydroxyl groups is 1. The highest BCUT2D eigenvalue weighted by Crippen LogP contribution is 2.32. The average Bonchev–Trinajstić information content (AvgIpc) is 3.33. The summed E-state index contributed by atoms with van der Waals surface area (Å²) < 4.78 is 13.1. The van der Waals surface area contributed by atoms with Gasteiger partial charge in [0, 0.05) is 55.4 Å². The Labute approximate surface area is 203 Å². The number of piperazine rings is 1. The molecule has 1 fully saturated rings. The molecule has 2 aromatic heterocycles. The van der Waals surface area contributed by atoms with Crippen molar-refractivity contribution in [3.05, 3.63) is 59.7 Å². The highest BCUT2D eigenvalue weighted by atomic mass is 35.5. The van der Waals surface area contributed by atoms with Crippen LogP contribution in [0.25, 0.3) is 11.6 Å². The number of hydrogen-bond donors (Lipinski definition) is 2. The van der Waals surface area contributed by atoms with E-state index in [4.69, 9.17) is 0 Å². The fourth-order valence-corrected chi connectivity index (χ4v) is 3.64. The molecule has 0 amide bonds. The molecule has 0 atom stereocenters. The summed E-state index contributed by atoms with van der Waals surface area (Å²) in [5.74, 6) is 1.04. The maximum atomic E-state index is 13.1. The van der Waals surface area contributed by atoms with Crippen molar-refractivity contribution < 1.29 is 9.50 Å². The maximum absolute atomic E-state index is 13.1. The van der Waals surface area contributed by atoms with Gasteiger partial charge in [-0.1, -0.05) is 0 Å². The molecule has 0 aliphatic carbocycles. The first-order valence-electron chi connectivity index (χ1n) is 9.43. The number of rotatable bonds is 3. The number of aromatic amines is 1. The highest BCUT2D eigenvalue weighted by Gasteiger charge is 2.21. The van der Waals surface area contributed by atoms with Gasteiger partial charge in [-0.05, 0) is 42.5 Å². The molecule has 0 unspecified atom stereocenters. The first kappa shape index (κ1) is 25.5. The number of nitrogens with one attached hydrogen (secondary N) is 1. The van der Waals surface area contributed by atoms with Crippen LogP contribution in [0, 0.1) is 5.82 Å².